The second-order valence-electron chi connectivity index (χ2n) is 4.75. The van der Waals surface area contributed by atoms with E-state index in [4.69, 9.17) is 0 Å². The summed E-state index contributed by atoms with van der Waals surface area (Å²) in [6.07, 6.45) is 4.00. The van der Waals surface area contributed by atoms with E-state index in [0.29, 0.717) is 5.82 Å². The SMILES string of the molecule is Cc1[nH]nc(NC(=O)Cc2cn3ccccc3n2)c1C. The summed E-state index contributed by atoms with van der Waals surface area (Å²) in [5.74, 6) is 0.458. The second kappa shape index (κ2) is 4.80. The standard InChI is InChI=1S/C14H15N5O/c1-9-10(2)17-18-14(9)16-13(20)7-11-8-19-6-4-3-5-12(19)15-11/h3-6,8H,7H2,1-2H3,(H2,16,17,18,20). The lowest BCUT2D eigenvalue weighted by molar-refractivity contribution is -0.115. The van der Waals surface area contributed by atoms with Crippen molar-refractivity contribution in [3.05, 3.63) is 47.5 Å². The van der Waals surface area contributed by atoms with Crippen LogP contribution in [0, 0.1) is 13.8 Å². The van der Waals surface area contributed by atoms with Crippen molar-refractivity contribution >= 4 is 17.4 Å². The number of pyridine rings is 1. The molecule has 3 aromatic rings. The molecule has 0 aliphatic carbocycles. The predicted molar refractivity (Wildman–Crippen MR) is 75.6 cm³/mol. The van der Waals surface area contributed by atoms with Gasteiger partial charge in [0.05, 0.1) is 12.1 Å². The molecule has 0 spiro atoms. The first-order valence-electron chi connectivity index (χ1n) is 6.37. The van der Waals surface area contributed by atoms with E-state index in [2.05, 4.69) is 20.5 Å². The van der Waals surface area contributed by atoms with Gasteiger partial charge in [-0.3, -0.25) is 9.89 Å². The maximum absolute atomic E-state index is 12.0. The molecule has 0 aliphatic rings. The summed E-state index contributed by atoms with van der Waals surface area (Å²) in [5.41, 5.74) is 3.47. The average Bonchev–Trinajstić information content (AvgIpc) is 2.96. The molecule has 0 aliphatic heterocycles. The van der Waals surface area contributed by atoms with Crippen molar-refractivity contribution in [3.8, 4) is 0 Å². The van der Waals surface area contributed by atoms with E-state index in [1.165, 1.54) is 0 Å². The third kappa shape index (κ3) is 2.27. The molecule has 2 N–H and O–H groups in total. The molecule has 6 nitrogen and oxygen atoms in total. The number of aromatic amines is 1. The van der Waals surface area contributed by atoms with Gasteiger partial charge in [0.1, 0.15) is 5.65 Å². The lowest BCUT2D eigenvalue weighted by Crippen LogP contribution is -2.15. The molecule has 3 aromatic heterocycles. The van der Waals surface area contributed by atoms with Gasteiger partial charge in [0, 0.05) is 23.7 Å². The quantitative estimate of drug-likeness (QED) is 0.762. The average molecular weight is 269 g/mol. The van der Waals surface area contributed by atoms with Crippen LogP contribution < -0.4 is 5.32 Å². The minimum atomic E-state index is -0.122. The molecular formula is C14H15N5O. The molecule has 0 unspecified atom stereocenters. The van der Waals surface area contributed by atoms with E-state index in [1.807, 2.05) is 48.8 Å². The summed E-state index contributed by atoms with van der Waals surface area (Å²) in [5, 5.41) is 9.69. The molecule has 0 fully saturated rings. The van der Waals surface area contributed by atoms with Gasteiger partial charge in [-0.05, 0) is 26.0 Å². The summed E-state index contributed by atoms with van der Waals surface area (Å²) in [6.45, 7) is 3.83. The third-order valence-electron chi connectivity index (χ3n) is 3.27. The zero-order valence-corrected chi connectivity index (χ0v) is 11.3. The fraction of sp³-hybridized carbons (Fsp3) is 0.214. The lowest BCUT2D eigenvalue weighted by Gasteiger charge is -2.01. The Balaban J connectivity index is 1.74. The molecule has 6 heteroatoms. The number of rotatable bonds is 3. The van der Waals surface area contributed by atoms with Crippen LogP contribution >= 0.6 is 0 Å². The van der Waals surface area contributed by atoms with Gasteiger partial charge in [-0.15, -0.1) is 0 Å². The van der Waals surface area contributed by atoms with Crippen molar-refractivity contribution in [2.45, 2.75) is 20.3 Å². The minimum absolute atomic E-state index is 0.122. The topological polar surface area (TPSA) is 75.1 Å². The number of carbonyl (C=O) groups is 1. The Morgan fingerprint density at radius 3 is 2.95 bits per heavy atom. The van der Waals surface area contributed by atoms with E-state index in [1.54, 1.807) is 0 Å². The van der Waals surface area contributed by atoms with E-state index in [0.717, 1.165) is 22.6 Å². The lowest BCUT2D eigenvalue weighted by atomic mass is 10.2. The molecule has 3 heterocycles. The zero-order valence-electron chi connectivity index (χ0n) is 11.3. The van der Waals surface area contributed by atoms with Gasteiger partial charge < -0.3 is 9.72 Å². The molecule has 20 heavy (non-hydrogen) atoms. The maximum atomic E-state index is 12.0. The number of amides is 1. The molecule has 0 atom stereocenters. The van der Waals surface area contributed by atoms with Gasteiger partial charge in [-0.2, -0.15) is 5.10 Å². The van der Waals surface area contributed by atoms with Crippen LogP contribution in [0.15, 0.2) is 30.6 Å². The van der Waals surface area contributed by atoms with Crippen LogP contribution in [-0.4, -0.2) is 25.5 Å². The molecule has 0 aromatic carbocycles. The molecule has 0 saturated carbocycles. The van der Waals surface area contributed by atoms with Crippen LogP contribution in [0.1, 0.15) is 17.0 Å². The van der Waals surface area contributed by atoms with Gasteiger partial charge in [-0.1, -0.05) is 6.07 Å². The van der Waals surface area contributed by atoms with E-state index in [-0.39, 0.29) is 12.3 Å². The molecule has 0 radical (unpaired) electrons. The van der Waals surface area contributed by atoms with Gasteiger partial charge in [-0.25, -0.2) is 4.98 Å². The molecule has 3 rings (SSSR count). The first-order chi connectivity index (χ1) is 9.63. The van der Waals surface area contributed by atoms with E-state index in [9.17, 15) is 4.79 Å². The summed E-state index contributed by atoms with van der Waals surface area (Å²) in [6, 6.07) is 5.75. The molecular weight excluding hydrogens is 254 g/mol. The highest BCUT2D eigenvalue weighted by Gasteiger charge is 2.11. The van der Waals surface area contributed by atoms with Gasteiger partial charge in [0.2, 0.25) is 5.91 Å². The Labute approximate surface area is 115 Å². The smallest absolute Gasteiger partial charge is 0.231 e. The number of carbonyl (C=O) groups excluding carboxylic acids is 1. The van der Waals surface area contributed by atoms with Crippen molar-refractivity contribution in [1.29, 1.82) is 0 Å². The number of nitrogens with zero attached hydrogens (tertiary/aromatic N) is 3. The minimum Gasteiger partial charge on any atom is -0.309 e. The molecule has 1 amide bonds. The highest BCUT2D eigenvalue weighted by atomic mass is 16.1. The van der Waals surface area contributed by atoms with Crippen LogP contribution in [0.25, 0.3) is 5.65 Å². The van der Waals surface area contributed by atoms with Crippen LogP contribution in [0.4, 0.5) is 5.82 Å². The monoisotopic (exact) mass is 269 g/mol. The van der Waals surface area contributed by atoms with Crippen LogP contribution in [-0.2, 0) is 11.2 Å². The predicted octanol–water partition coefficient (Wildman–Crippen LogP) is 1.86. The van der Waals surface area contributed by atoms with Crippen LogP contribution in [0.5, 0.6) is 0 Å². The second-order valence-corrected chi connectivity index (χ2v) is 4.75. The van der Waals surface area contributed by atoms with Crippen molar-refractivity contribution in [2.24, 2.45) is 0 Å². The van der Waals surface area contributed by atoms with Crippen molar-refractivity contribution in [1.82, 2.24) is 19.6 Å². The number of imidazole rings is 1. The van der Waals surface area contributed by atoms with Gasteiger partial charge >= 0.3 is 0 Å². The summed E-state index contributed by atoms with van der Waals surface area (Å²) >= 11 is 0. The van der Waals surface area contributed by atoms with E-state index >= 15 is 0 Å². The van der Waals surface area contributed by atoms with Gasteiger partial charge in [0.15, 0.2) is 5.82 Å². The fourth-order valence-corrected chi connectivity index (χ4v) is 2.02. The van der Waals surface area contributed by atoms with Crippen molar-refractivity contribution < 1.29 is 4.79 Å². The Kier molecular flexibility index (Phi) is 2.98. The summed E-state index contributed by atoms with van der Waals surface area (Å²) in [4.78, 5) is 16.4. The largest absolute Gasteiger partial charge is 0.309 e. The number of hydrogen-bond donors (Lipinski definition) is 2. The third-order valence-corrected chi connectivity index (χ3v) is 3.27. The number of H-pyrrole nitrogens is 1. The summed E-state index contributed by atoms with van der Waals surface area (Å²) < 4.78 is 1.90. The Morgan fingerprint density at radius 2 is 2.25 bits per heavy atom. The zero-order chi connectivity index (χ0) is 14.1. The number of aromatic nitrogens is 4. The number of hydrogen-bond acceptors (Lipinski definition) is 3. The molecule has 0 bridgehead atoms. The number of fused-ring (bicyclic) bond motifs is 1. The normalized spacial score (nSPS) is 10.9. The van der Waals surface area contributed by atoms with Crippen LogP contribution in [0.2, 0.25) is 0 Å². The van der Waals surface area contributed by atoms with Gasteiger partial charge in [0.25, 0.3) is 0 Å². The number of anilines is 1. The molecule has 0 saturated heterocycles. The summed E-state index contributed by atoms with van der Waals surface area (Å²) in [7, 11) is 0. The Bertz CT molecular complexity index is 738. The first kappa shape index (κ1) is 12.4. The Morgan fingerprint density at radius 1 is 1.40 bits per heavy atom. The van der Waals surface area contributed by atoms with Crippen molar-refractivity contribution in [3.63, 3.8) is 0 Å². The van der Waals surface area contributed by atoms with Crippen molar-refractivity contribution in [2.75, 3.05) is 5.32 Å². The molecule has 102 valence electrons. The number of nitrogens with one attached hydrogen (secondary N) is 2. The highest BCUT2D eigenvalue weighted by Crippen LogP contribution is 2.14. The highest BCUT2D eigenvalue weighted by molar-refractivity contribution is 5.91. The van der Waals surface area contributed by atoms with E-state index < -0.39 is 0 Å². The number of aryl methyl sites for hydroxylation is 1. The fourth-order valence-electron chi connectivity index (χ4n) is 2.02. The maximum Gasteiger partial charge on any atom is 0.231 e. The Hall–Kier alpha value is -2.63. The van der Waals surface area contributed by atoms with Crippen LogP contribution in [0.3, 0.4) is 0 Å². The first-order valence-corrected chi connectivity index (χ1v) is 6.37.